The van der Waals surface area contributed by atoms with Crippen LogP contribution in [0, 0.1) is 0 Å². The molecule has 0 saturated heterocycles. The highest BCUT2D eigenvalue weighted by Crippen LogP contribution is 2.34. The normalized spacial score (nSPS) is 14.9. The molecular weight excluding hydrogens is 432 g/mol. The number of hydrogen-bond donors (Lipinski definition) is 2. The molecule has 1 aliphatic rings. The zero-order chi connectivity index (χ0) is 23.9. The third-order valence-electron chi connectivity index (χ3n) is 5.85. The second-order valence-corrected chi connectivity index (χ2v) is 8.74. The summed E-state index contributed by atoms with van der Waals surface area (Å²) in [5, 5.41) is 10.3. The highest BCUT2D eigenvalue weighted by Gasteiger charge is 2.29. The van der Waals surface area contributed by atoms with Crippen LogP contribution in [0.3, 0.4) is 0 Å². The van der Waals surface area contributed by atoms with Crippen LogP contribution in [-0.2, 0) is 34.0 Å². The number of nitrogens with two attached hydrogens (primary N) is 1. The molecule has 0 bridgehead atoms. The first-order valence-corrected chi connectivity index (χ1v) is 11.3. The average molecular weight is 461 g/mol. The molecule has 0 aliphatic carbocycles. The molecule has 2 aromatic heterocycles. The number of anilines is 1. The summed E-state index contributed by atoms with van der Waals surface area (Å²) in [6.07, 6.45) is 1.65. The molecule has 8 nitrogen and oxygen atoms in total. The second-order valence-electron chi connectivity index (χ2n) is 8.74. The highest BCUT2D eigenvalue weighted by atomic mass is 16.7. The third-order valence-corrected chi connectivity index (χ3v) is 5.85. The van der Waals surface area contributed by atoms with E-state index in [-0.39, 0.29) is 6.61 Å². The number of aliphatic hydroxyl groups excluding tert-OH is 1. The van der Waals surface area contributed by atoms with Crippen LogP contribution in [0.15, 0.2) is 54.5 Å². The topological polar surface area (TPSA) is 105 Å². The van der Waals surface area contributed by atoms with Crippen molar-refractivity contribution >= 4 is 27.8 Å². The molecule has 4 aromatic rings. The van der Waals surface area contributed by atoms with Gasteiger partial charge in [-0.2, -0.15) is 0 Å². The first-order valence-electron chi connectivity index (χ1n) is 11.3. The molecule has 2 aromatic carbocycles. The van der Waals surface area contributed by atoms with Crippen molar-refractivity contribution < 1.29 is 19.3 Å². The summed E-state index contributed by atoms with van der Waals surface area (Å²) in [6.45, 7) is 7.07. The van der Waals surface area contributed by atoms with Crippen molar-refractivity contribution in [1.82, 2.24) is 14.5 Å². The predicted molar refractivity (Wildman–Crippen MR) is 130 cm³/mol. The first-order chi connectivity index (χ1) is 16.4. The minimum atomic E-state index is -0.699. The van der Waals surface area contributed by atoms with E-state index in [1.54, 1.807) is 6.26 Å². The van der Waals surface area contributed by atoms with Gasteiger partial charge in [0.25, 0.3) is 0 Å². The molecule has 0 spiro atoms. The zero-order valence-electron chi connectivity index (χ0n) is 19.5. The Balaban J connectivity index is 1.64. The van der Waals surface area contributed by atoms with E-state index in [1.807, 2.05) is 57.2 Å². The average Bonchev–Trinajstić information content (AvgIpc) is 3.37. The fourth-order valence-electron chi connectivity index (χ4n) is 4.21. The lowest BCUT2D eigenvalue weighted by Crippen LogP contribution is -2.21. The van der Waals surface area contributed by atoms with Crippen LogP contribution in [0.25, 0.3) is 33.1 Å². The van der Waals surface area contributed by atoms with E-state index in [4.69, 9.17) is 24.9 Å². The molecule has 0 saturated carbocycles. The van der Waals surface area contributed by atoms with Crippen molar-refractivity contribution in [3.63, 3.8) is 0 Å². The summed E-state index contributed by atoms with van der Waals surface area (Å²) in [5.41, 5.74) is 11.6. The van der Waals surface area contributed by atoms with E-state index in [2.05, 4.69) is 15.6 Å². The number of pyridine rings is 1. The Morgan fingerprint density at radius 2 is 1.85 bits per heavy atom. The number of benzene rings is 2. The van der Waals surface area contributed by atoms with Crippen LogP contribution in [0.4, 0.5) is 5.82 Å². The Morgan fingerprint density at radius 1 is 1.09 bits per heavy atom. The molecule has 0 amide bonds. The number of aliphatic hydroxyl groups is 1. The lowest BCUT2D eigenvalue weighted by Gasteiger charge is -2.19. The van der Waals surface area contributed by atoms with Gasteiger partial charge in [0.15, 0.2) is 11.6 Å². The van der Waals surface area contributed by atoms with Gasteiger partial charge in [-0.3, -0.25) is 0 Å². The van der Waals surface area contributed by atoms with Crippen LogP contribution in [-0.4, -0.2) is 32.0 Å². The van der Waals surface area contributed by atoms with Gasteiger partial charge in [-0.15, -0.1) is 0 Å². The monoisotopic (exact) mass is 460 g/mol. The minimum Gasteiger partial charge on any atom is -0.457 e. The number of ether oxygens (including phenoxy) is 3. The Morgan fingerprint density at radius 3 is 2.53 bits per heavy atom. The van der Waals surface area contributed by atoms with Gasteiger partial charge in [0.05, 0.1) is 24.2 Å². The van der Waals surface area contributed by atoms with E-state index < -0.39 is 5.79 Å². The van der Waals surface area contributed by atoms with Crippen molar-refractivity contribution in [2.75, 3.05) is 12.3 Å². The molecule has 176 valence electrons. The van der Waals surface area contributed by atoms with Gasteiger partial charge in [-0.25, -0.2) is 9.97 Å². The van der Waals surface area contributed by atoms with Crippen LogP contribution in [0.2, 0.25) is 0 Å². The van der Waals surface area contributed by atoms with E-state index in [1.165, 1.54) is 0 Å². The highest BCUT2D eigenvalue weighted by molar-refractivity contribution is 6.07. The number of imidazole rings is 1. The lowest BCUT2D eigenvalue weighted by atomic mass is 10.0. The zero-order valence-corrected chi connectivity index (χ0v) is 19.5. The van der Waals surface area contributed by atoms with Gasteiger partial charge < -0.3 is 29.6 Å². The van der Waals surface area contributed by atoms with Crippen molar-refractivity contribution in [3.8, 4) is 11.1 Å². The molecule has 0 atom stereocenters. The predicted octanol–water partition coefficient (Wildman–Crippen LogP) is 4.49. The summed E-state index contributed by atoms with van der Waals surface area (Å²) >= 11 is 0. The number of aromatic nitrogens is 3. The summed E-state index contributed by atoms with van der Waals surface area (Å²) < 4.78 is 19.3. The SMILES string of the molecule is CCOCc1nc2c(N)nc3cc(-c4ccc(CO)cc4)ccc3c2n1CC1=COC(C)(C)O1. The summed E-state index contributed by atoms with van der Waals surface area (Å²) in [6, 6.07) is 13.9. The molecule has 0 fully saturated rings. The molecule has 0 unspecified atom stereocenters. The molecule has 3 N–H and O–H groups in total. The van der Waals surface area contributed by atoms with Gasteiger partial charge in [-0.05, 0) is 29.7 Å². The molecule has 34 heavy (non-hydrogen) atoms. The van der Waals surface area contributed by atoms with Crippen molar-refractivity contribution in [1.29, 1.82) is 0 Å². The second kappa shape index (κ2) is 8.62. The maximum absolute atomic E-state index is 9.32. The van der Waals surface area contributed by atoms with Crippen molar-refractivity contribution in [2.45, 2.75) is 46.3 Å². The molecule has 0 radical (unpaired) electrons. The quantitative estimate of drug-likeness (QED) is 0.419. The lowest BCUT2D eigenvalue weighted by molar-refractivity contribution is -0.118. The Labute approximate surface area is 197 Å². The number of nitrogens with zero attached hydrogens (tertiary/aromatic N) is 3. The van der Waals surface area contributed by atoms with Crippen LogP contribution >= 0.6 is 0 Å². The molecule has 5 rings (SSSR count). The summed E-state index contributed by atoms with van der Waals surface area (Å²) in [4.78, 5) is 9.45. The van der Waals surface area contributed by atoms with E-state index >= 15 is 0 Å². The van der Waals surface area contributed by atoms with Gasteiger partial charge in [0.2, 0.25) is 5.79 Å². The van der Waals surface area contributed by atoms with Crippen molar-refractivity contribution in [3.05, 3.63) is 65.9 Å². The standard InChI is InChI=1S/C26H28N4O4/c1-4-32-15-22-29-23-24(30(22)12-19-14-33-26(2,3)34-19)20-10-9-18(11-21(20)28-25(23)27)17-7-5-16(13-31)6-8-17/h5-11,14,31H,4,12-13,15H2,1-3H3,(H2,27,28). The van der Waals surface area contributed by atoms with Crippen LogP contribution in [0.5, 0.6) is 0 Å². The maximum atomic E-state index is 9.32. The van der Waals surface area contributed by atoms with Gasteiger partial charge in [0.1, 0.15) is 24.2 Å². The number of fused-ring (bicyclic) bond motifs is 3. The number of hydrogen-bond acceptors (Lipinski definition) is 7. The number of nitrogen functional groups attached to an aromatic ring is 1. The summed E-state index contributed by atoms with van der Waals surface area (Å²) in [5.74, 6) is 1.11. The van der Waals surface area contributed by atoms with E-state index in [0.29, 0.717) is 36.9 Å². The van der Waals surface area contributed by atoms with Crippen molar-refractivity contribution in [2.24, 2.45) is 0 Å². The van der Waals surface area contributed by atoms with Crippen LogP contribution < -0.4 is 5.73 Å². The van der Waals surface area contributed by atoms with Gasteiger partial charge >= 0.3 is 0 Å². The minimum absolute atomic E-state index is 0.0184. The Kier molecular flexibility index (Phi) is 5.63. The summed E-state index contributed by atoms with van der Waals surface area (Å²) in [7, 11) is 0. The Bertz CT molecular complexity index is 1390. The van der Waals surface area contributed by atoms with E-state index in [0.717, 1.165) is 38.9 Å². The Hall–Kier alpha value is -3.62. The maximum Gasteiger partial charge on any atom is 0.244 e. The van der Waals surface area contributed by atoms with Gasteiger partial charge in [0, 0.05) is 25.8 Å². The number of allylic oxidation sites excluding steroid dienone is 1. The third kappa shape index (κ3) is 4.06. The number of rotatable bonds is 7. The molecule has 1 aliphatic heterocycles. The van der Waals surface area contributed by atoms with Gasteiger partial charge in [-0.1, -0.05) is 36.4 Å². The largest absolute Gasteiger partial charge is 0.457 e. The molecule has 8 heteroatoms. The first kappa shape index (κ1) is 22.2. The smallest absolute Gasteiger partial charge is 0.244 e. The fraction of sp³-hybridized carbons (Fsp3) is 0.308. The van der Waals surface area contributed by atoms with E-state index in [9.17, 15) is 5.11 Å². The molecule has 3 heterocycles. The molecular formula is C26H28N4O4. The van der Waals surface area contributed by atoms with Crippen LogP contribution in [0.1, 0.15) is 32.2 Å². The fourth-order valence-corrected chi connectivity index (χ4v) is 4.21.